The fourth-order valence-corrected chi connectivity index (χ4v) is 5.16. The number of hydrogen-bond acceptors (Lipinski definition) is 0. The lowest BCUT2D eigenvalue weighted by atomic mass is 9.80. The Morgan fingerprint density at radius 2 is 1.52 bits per heavy atom. The van der Waals surface area contributed by atoms with Gasteiger partial charge in [-0.05, 0) is 45.4 Å². The van der Waals surface area contributed by atoms with E-state index in [-0.39, 0.29) is 10.8 Å². The van der Waals surface area contributed by atoms with Gasteiger partial charge < -0.3 is 0 Å². The lowest BCUT2D eigenvalue weighted by Gasteiger charge is -2.24. The highest BCUT2D eigenvalue weighted by atomic mass is 14.4. The van der Waals surface area contributed by atoms with Gasteiger partial charge in [-0.2, -0.15) is 0 Å². The van der Waals surface area contributed by atoms with E-state index in [4.69, 9.17) is 0 Å². The van der Waals surface area contributed by atoms with Gasteiger partial charge in [0.2, 0.25) is 0 Å². The predicted octanol–water partition coefficient (Wildman–Crippen LogP) is 8.59. The van der Waals surface area contributed by atoms with Crippen LogP contribution in [-0.4, -0.2) is 0 Å². The Morgan fingerprint density at radius 3 is 2.26 bits per heavy atom. The number of benzene rings is 2. The SMILES string of the molecule is C=C/C=C\C=C1/CC(=C/C=C)/C(=C\c2ccc3c(c2)C(C)(C)c2ccccc2-3)C1(C)C. The average molecular weight is 405 g/mol. The number of allylic oxidation sites excluding steroid dienone is 9. The summed E-state index contributed by atoms with van der Waals surface area (Å²) < 4.78 is 0. The quantitative estimate of drug-likeness (QED) is 0.448. The minimum Gasteiger partial charge on any atom is -0.0991 e. The highest BCUT2D eigenvalue weighted by Crippen LogP contribution is 2.52. The van der Waals surface area contributed by atoms with E-state index in [0.717, 1.165) is 6.42 Å². The fourth-order valence-electron chi connectivity index (χ4n) is 5.16. The van der Waals surface area contributed by atoms with Gasteiger partial charge >= 0.3 is 0 Å². The van der Waals surface area contributed by atoms with Gasteiger partial charge in [0.1, 0.15) is 0 Å². The second-order valence-corrected chi connectivity index (χ2v) is 9.58. The molecule has 2 aliphatic carbocycles. The molecule has 2 aromatic rings. The molecular formula is C31H32. The summed E-state index contributed by atoms with van der Waals surface area (Å²) in [5.74, 6) is 0. The van der Waals surface area contributed by atoms with E-state index in [1.54, 1.807) is 0 Å². The van der Waals surface area contributed by atoms with Crippen LogP contribution < -0.4 is 0 Å². The summed E-state index contributed by atoms with van der Waals surface area (Å²) in [6.07, 6.45) is 15.5. The molecule has 0 saturated heterocycles. The second kappa shape index (κ2) is 7.85. The topological polar surface area (TPSA) is 0 Å². The van der Waals surface area contributed by atoms with E-state index in [1.165, 1.54) is 44.5 Å². The zero-order chi connectivity index (χ0) is 22.2. The van der Waals surface area contributed by atoms with Crippen molar-refractivity contribution in [1.82, 2.24) is 0 Å². The fraction of sp³-hybridized carbons (Fsp3) is 0.226. The van der Waals surface area contributed by atoms with Crippen LogP contribution in [0.15, 0.2) is 109 Å². The van der Waals surface area contributed by atoms with E-state index < -0.39 is 0 Å². The number of fused-ring (bicyclic) bond motifs is 3. The Hall–Kier alpha value is -3.12. The van der Waals surface area contributed by atoms with Crippen LogP contribution in [0.25, 0.3) is 17.2 Å². The highest BCUT2D eigenvalue weighted by Gasteiger charge is 2.37. The van der Waals surface area contributed by atoms with Crippen molar-refractivity contribution in [3.05, 3.63) is 125 Å². The van der Waals surface area contributed by atoms with E-state index in [0.29, 0.717) is 0 Å². The van der Waals surface area contributed by atoms with Gasteiger partial charge in [0.25, 0.3) is 0 Å². The van der Waals surface area contributed by atoms with Crippen LogP contribution in [0.4, 0.5) is 0 Å². The Morgan fingerprint density at radius 1 is 0.774 bits per heavy atom. The van der Waals surface area contributed by atoms with Crippen LogP contribution in [0, 0.1) is 5.41 Å². The van der Waals surface area contributed by atoms with Crippen LogP contribution in [0.3, 0.4) is 0 Å². The molecule has 0 aromatic heterocycles. The Bertz CT molecular complexity index is 1170. The third-order valence-corrected chi connectivity index (χ3v) is 6.99. The maximum absolute atomic E-state index is 3.95. The number of rotatable bonds is 4. The molecule has 1 saturated carbocycles. The normalized spacial score (nSPS) is 22.3. The van der Waals surface area contributed by atoms with Crippen molar-refractivity contribution in [2.75, 3.05) is 0 Å². The largest absolute Gasteiger partial charge is 0.0991 e. The summed E-state index contributed by atoms with van der Waals surface area (Å²) in [7, 11) is 0. The monoisotopic (exact) mass is 404 g/mol. The molecule has 0 atom stereocenters. The average Bonchev–Trinajstić information content (AvgIpc) is 3.11. The third kappa shape index (κ3) is 3.51. The summed E-state index contributed by atoms with van der Waals surface area (Å²) in [4.78, 5) is 0. The van der Waals surface area contributed by atoms with Gasteiger partial charge in [-0.25, -0.2) is 0 Å². The first kappa shape index (κ1) is 21.1. The van der Waals surface area contributed by atoms with Gasteiger partial charge in [0, 0.05) is 10.8 Å². The van der Waals surface area contributed by atoms with Crippen molar-refractivity contribution in [2.24, 2.45) is 5.41 Å². The minimum absolute atomic E-state index is 0.0198. The lowest BCUT2D eigenvalue weighted by Crippen LogP contribution is -2.15. The molecule has 0 amide bonds. The Labute approximate surface area is 187 Å². The summed E-state index contributed by atoms with van der Waals surface area (Å²) in [6.45, 7) is 17.1. The molecule has 0 unspecified atom stereocenters. The van der Waals surface area contributed by atoms with Crippen molar-refractivity contribution in [2.45, 2.75) is 39.5 Å². The molecule has 2 aliphatic rings. The molecule has 2 aromatic carbocycles. The van der Waals surface area contributed by atoms with Crippen molar-refractivity contribution in [3.8, 4) is 11.1 Å². The molecule has 0 heteroatoms. The first-order valence-electron chi connectivity index (χ1n) is 11.1. The van der Waals surface area contributed by atoms with E-state index in [1.807, 2.05) is 18.2 Å². The number of hydrogen-bond donors (Lipinski definition) is 0. The zero-order valence-corrected chi connectivity index (χ0v) is 19.2. The molecule has 31 heavy (non-hydrogen) atoms. The molecule has 156 valence electrons. The van der Waals surface area contributed by atoms with Crippen LogP contribution in [0.2, 0.25) is 0 Å². The van der Waals surface area contributed by atoms with Crippen molar-refractivity contribution in [1.29, 1.82) is 0 Å². The lowest BCUT2D eigenvalue weighted by molar-refractivity contribution is 0.578. The van der Waals surface area contributed by atoms with Gasteiger partial charge in [-0.3, -0.25) is 0 Å². The standard InChI is InChI=1S/C31H32/c1-7-9-10-14-24-21-23(13-8-2)28(30(24,3)4)19-22-17-18-26-25-15-11-12-16-27(25)31(5,6)29(26)20-22/h7-20H,1-2,21H2,3-6H3/b10-9-,23-13-,24-14+,28-19+. The van der Waals surface area contributed by atoms with Gasteiger partial charge in [0.05, 0.1) is 0 Å². The molecule has 0 nitrogen and oxygen atoms in total. The summed E-state index contributed by atoms with van der Waals surface area (Å²) in [5.41, 5.74) is 11.0. The van der Waals surface area contributed by atoms with Crippen molar-refractivity contribution >= 4 is 6.08 Å². The van der Waals surface area contributed by atoms with Crippen molar-refractivity contribution in [3.63, 3.8) is 0 Å². The maximum Gasteiger partial charge on any atom is 0.0159 e. The third-order valence-electron chi connectivity index (χ3n) is 6.99. The Kier molecular flexibility index (Phi) is 5.35. The zero-order valence-electron chi connectivity index (χ0n) is 19.2. The minimum atomic E-state index is -0.0299. The maximum atomic E-state index is 3.95. The summed E-state index contributed by atoms with van der Waals surface area (Å²) in [5, 5.41) is 0. The van der Waals surface area contributed by atoms with Gasteiger partial charge in [-0.1, -0.05) is 131 Å². The van der Waals surface area contributed by atoms with E-state index in [2.05, 4.69) is 108 Å². The summed E-state index contributed by atoms with van der Waals surface area (Å²) in [6, 6.07) is 15.8. The Balaban J connectivity index is 1.81. The molecule has 4 rings (SSSR count). The molecule has 0 heterocycles. The van der Waals surface area contributed by atoms with E-state index >= 15 is 0 Å². The summed E-state index contributed by atoms with van der Waals surface area (Å²) >= 11 is 0. The van der Waals surface area contributed by atoms with Crippen LogP contribution in [0.1, 0.15) is 50.8 Å². The first-order chi connectivity index (χ1) is 14.8. The second-order valence-electron chi connectivity index (χ2n) is 9.58. The van der Waals surface area contributed by atoms with Crippen molar-refractivity contribution < 1.29 is 0 Å². The van der Waals surface area contributed by atoms with Crippen LogP contribution >= 0.6 is 0 Å². The first-order valence-corrected chi connectivity index (χ1v) is 11.1. The molecule has 0 aliphatic heterocycles. The van der Waals surface area contributed by atoms with E-state index in [9.17, 15) is 0 Å². The molecule has 0 N–H and O–H groups in total. The molecule has 0 spiro atoms. The van der Waals surface area contributed by atoms with Crippen LogP contribution in [0.5, 0.6) is 0 Å². The molecule has 0 bridgehead atoms. The predicted molar refractivity (Wildman–Crippen MR) is 136 cm³/mol. The smallest absolute Gasteiger partial charge is 0.0159 e. The molecule has 0 radical (unpaired) electrons. The highest BCUT2D eigenvalue weighted by molar-refractivity contribution is 5.82. The van der Waals surface area contributed by atoms with Crippen LogP contribution in [-0.2, 0) is 5.41 Å². The molecular weight excluding hydrogens is 372 g/mol. The van der Waals surface area contributed by atoms with Gasteiger partial charge in [-0.15, -0.1) is 0 Å². The molecule has 1 fully saturated rings. The van der Waals surface area contributed by atoms with Gasteiger partial charge in [0.15, 0.2) is 0 Å².